The molecular weight excluding hydrogens is 198 g/mol. The average molecular weight is 223 g/mol. The number of hydrogen-bond acceptors (Lipinski definition) is 2. The molecule has 0 aromatic heterocycles. The van der Waals surface area contributed by atoms with E-state index < -0.39 is 0 Å². The molecule has 2 nitrogen and oxygen atoms in total. The highest BCUT2D eigenvalue weighted by Crippen LogP contribution is 2.13. The first-order valence-electron chi connectivity index (χ1n) is 6.30. The van der Waals surface area contributed by atoms with E-state index in [1.165, 1.54) is 18.4 Å². The fraction of sp³-hybridized carbons (Fsp3) is 0.714. The van der Waals surface area contributed by atoms with Gasteiger partial charge in [0.05, 0.1) is 12.7 Å². The van der Waals surface area contributed by atoms with Crippen LogP contribution in [-0.4, -0.2) is 38.3 Å². The first-order chi connectivity index (χ1) is 7.68. The Morgan fingerprint density at radius 1 is 1.38 bits per heavy atom. The van der Waals surface area contributed by atoms with Crippen LogP contribution >= 0.6 is 0 Å². The van der Waals surface area contributed by atoms with Crippen molar-refractivity contribution in [2.24, 2.45) is 0 Å². The molecular formula is C14H25NO. The van der Waals surface area contributed by atoms with Gasteiger partial charge < -0.3 is 9.64 Å². The molecule has 0 aromatic carbocycles. The van der Waals surface area contributed by atoms with Crippen LogP contribution in [0.1, 0.15) is 32.6 Å². The first kappa shape index (κ1) is 13.5. The summed E-state index contributed by atoms with van der Waals surface area (Å²) in [5.74, 6) is 0. The van der Waals surface area contributed by atoms with Crippen LogP contribution < -0.4 is 0 Å². The highest BCUT2D eigenvalue weighted by molar-refractivity contribution is 5.21. The maximum Gasteiger partial charge on any atom is 0.0559 e. The lowest BCUT2D eigenvalue weighted by molar-refractivity contribution is 0.0579. The van der Waals surface area contributed by atoms with Crippen molar-refractivity contribution in [2.75, 3.05) is 27.2 Å². The van der Waals surface area contributed by atoms with E-state index in [4.69, 9.17) is 4.74 Å². The van der Waals surface area contributed by atoms with Crippen molar-refractivity contribution in [3.63, 3.8) is 0 Å². The Bertz CT molecular complexity index is 243. The molecule has 0 saturated heterocycles. The monoisotopic (exact) mass is 223 g/mol. The molecule has 0 aliphatic heterocycles. The molecule has 2 heteroatoms. The summed E-state index contributed by atoms with van der Waals surface area (Å²) in [7, 11) is 4.20. The zero-order valence-corrected chi connectivity index (χ0v) is 10.9. The second-order valence-electron chi connectivity index (χ2n) is 4.78. The Balaban J connectivity index is 2.05. The lowest BCUT2D eigenvalue weighted by Gasteiger charge is -2.16. The van der Waals surface area contributed by atoms with E-state index in [1.807, 2.05) is 0 Å². The van der Waals surface area contributed by atoms with Crippen LogP contribution in [0.2, 0.25) is 0 Å². The molecule has 92 valence electrons. The molecule has 0 heterocycles. The number of ether oxygens (including phenoxy) is 1. The van der Waals surface area contributed by atoms with Gasteiger partial charge in [-0.2, -0.15) is 0 Å². The van der Waals surface area contributed by atoms with Crippen molar-refractivity contribution in [1.82, 2.24) is 4.90 Å². The second kappa shape index (κ2) is 7.64. The van der Waals surface area contributed by atoms with Crippen LogP contribution in [0.25, 0.3) is 0 Å². The smallest absolute Gasteiger partial charge is 0.0559 e. The molecule has 1 rings (SSSR count). The SMILES string of the molecule is CC(CCN(C)C)OCCC1=CCCC=C1. The van der Waals surface area contributed by atoms with Crippen molar-refractivity contribution in [3.8, 4) is 0 Å². The van der Waals surface area contributed by atoms with Crippen molar-refractivity contribution >= 4 is 0 Å². The Kier molecular flexibility index (Phi) is 6.43. The maximum absolute atomic E-state index is 5.79. The molecule has 16 heavy (non-hydrogen) atoms. The van der Waals surface area contributed by atoms with Crippen molar-refractivity contribution in [3.05, 3.63) is 23.8 Å². The lowest BCUT2D eigenvalue weighted by Crippen LogP contribution is -2.20. The van der Waals surface area contributed by atoms with E-state index in [2.05, 4.69) is 44.1 Å². The molecule has 0 aromatic rings. The third kappa shape index (κ3) is 6.09. The van der Waals surface area contributed by atoms with Crippen LogP contribution in [0.15, 0.2) is 23.8 Å². The summed E-state index contributed by atoms with van der Waals surface area (Å²) in [6, 6.07) is 0. The molecule has 0 amide bonds. The molecule has 0 fully saturated rings. The van der Waals surface area contributed by atoms with Crippen LogP contribution in [0.4, 0.5) is 0 Å². The maximum atomic E-state index is 5.79. The van der Waals surface area contributed by atoms with Gasteiger partial charge in [-0.05, 0) is 53.2 Å². The predicted octanol–water partition coefficient (Wildman–Crippen LogP) is 3.01. The van der Waals surface area contributed by atoms with E-state index in [1.54, 1.807) is 0 Å². The molecule has 0 bridgehead atoms. The van der Waals surface area contributed by atoms with Crippen molar-refractivity contribution in [2.45, 2.75) is 38.7 Å². The number of rotatable bonds is 7. The molecule has 0 N–H and O–H groups in total. The third-order valence-electron chi connectivity index (χ3n) is 2.85. The van der Waals surface area contributed by atoms with Gasteiger partial charge in [0.2, 0.25) is 0 Å². The molecule has 0 saturated carbocycles. The number of nitrogens with zero attached hydrogens (tertiary/aromatic N) is 1. The summed E-state index contributed by atoms with van der Waals surface area (Å²) < 4.78 is 5.79. The summed E-state index contributed by atoms with van der Waals surface area (Å²) in [5.41, 5.74) is 1.44. The Morgan fingerprint density at radius 3 is 2.81 bits per heavy atom. The zero-order chi connectivity index (χ0) is 11.8. The second-order valence-corrected chi connectivity index (χ2v) is 4.78. The summed E-state index contributed by atoms with van der Waals surface area (Å²) in [6.07, 6.45) is 11.8. The standard InChI is InChI=1S/C14H25NO/c1-13(9-11-15(2)3)16-12-10-14-7-5-4-6-8-14/h5,7-8,13H,4,6,9-12H2,1-3H3. The fourth-order valence-corrected chi connectivity index (χ4v) is 1.75. The van der Waals surface area contributed by atoms with Crippen LogP contribution in [-0.2, 0) is 4.74 Å². The number of hydrogen-bond donors (Lipinski definition) is 0. The average Bonchev–Trinajstić information content (AvgIpc) is 2.28. The number of allylic oxidation sites excluding steroid dienone is 3. The van der Waals surface area contributed by atoms with Gasteiger partial charge in [0, 0.05) is 0 Å². The van der Waals surface area contributed by atoms with Gasteiger partial charge in [-0.25, -0.2) is 0 Å². The topological polar surface area (TPSA) is 12.5 Å². The van der Waals surface area contributed by atoms with E-state index in [-0.39, 0.29) is 0 Å². The zero-order valence-electron chi connectivity index (χ0n) is 10.9. The van der Waals surface area contributed by atoms with E-state index >= 15 is 0 Å². The highest BCUT2D eigenvalue weighted by Gasteiger charge is 2.03. The van der Waals surface area contributed by atoms with Crippen LogP contribution in [0.3, 0.4) is 0 Å². The molecule has 1 aliphatic carbocycles. The Labute approximate surface area is 100.0 Å². The summed E-state index contributed by atoms with van der Waals surface area (Å²) in [5, 5.41) is 0. The van der Waals surface area contributed by atoms with Crippen LogP contribution in [0.5, 0.6) is 0 Å². The van der Waals surface area contributed by atoms with Crippen LogP contribution in [0, 0.1) is 0 Å². The molecule has 1 atom stereocenters. The third-order valence-corrected chi connectivity index (χ3v) is 2.85. The van der Waals surface area contributed by atoms with Gasteiger partial charge in [0.1, 0.15) is 0 Å². The quantitative estimate of drug-likeness (QED) is 0.658. The van der Waals surface area contributed by atoms with Gasteiger partial charge in [-0.15, -0.1) is 0 Å². The normalized spacial score (nSPS) is 17.6. The minimum atomic E-state index is 0.371. The fourth-order valence-electron chi connectivity index (χ4n) is 1.75. The Hall–Kier alpha value is -0.600. The summed E-state index contributed by atoms with van der Waals surface area (Å²) in [6.45, 7) is 4.11. The van der Waals surface area contributed by atoms with Gasteiger partial charge in [-0.3, -0.25) is 0 Å². The first-order valence-corrected chi connectivity index (χ1v) is 6.30. The van der Waals surface area contributed by atoms with E-state index in [0.717, 1.165) is 26.0 Å². The van der Waals surface area contributed by atoms with Gasteiger partial charge >= 0.3 is 0 Å². The predicted molar refractivity (Wildman–Crippen MR) is 69.7 cm³/mol. The lowest BCUT2D eigenvalue weighted by atomic mass is 10.1. The minimum absolute atomic E-state index is 0.371. The molecule has 0 radical (unpaired) electrons. The van der Waals surface area contributed by atoms with Gasteiger partial charge in [0.25, 0.3) is 0 Å². The summed E-state index contributed by atoms with van der Waals surface area (Å²) in [4.78, 5) is 2.20. The largest absolute Gasteiger partial charge is 0.378 e. The van der Waals surface area contributed by atoms with Crippen molar-refractivity contribution < 1.29 is 4.74 Å². The summed E-state index contributed by atoms with van der Waals surface area (Å²) >= 11 is 0. The Morgan fingerprint density at radius 2 is 2.19 bits per heavy atom. The molecule has 0 spiro atoms. The molecule has 1 aliphatic rings. The minimum Gasteiger partial charge on any atom is -0.378 e. The van der Waals surface area contributed by atoms with E-state index in [9.17, 15) is 0 Å². The highest BCUT2D eigenvalue weighted by atomic mass is 16.5. The van der Waals surface area contributed by atoms with E-state index in [0.29, 0.717) is 6.10 Å². The van der Waals surface area contributed by atoms with Gasteiger partial charge in [-0.1, -0.05) is 23.8 Å². The van der Waals surface area contributed by atoms with Gasteiger partial charge in [0.15, 0.2) is 0 Å². The van der Waals surface area contributed by atoms with Crippen molar-refractivity contribution in [1.29, 1.82) is 0 Å². The molecule has 1 unspecified atom stereocenters.